The molecule has 1 saturated heterocycles. The molecular weight excluding hydrogens is 446 g/mol. The van der Waals surface area contributed by atoms with Crippen LogP contribution in [0.25, 0.3) is 11.4 Å². The normalized spacial score (nSPS) is 15.5. The van der Waals surface area contributed by atoms with E-state index < -0.39 is 0 Å². The number of anilines is 1. The number of rotatable bonds is 9. The summed E-state index contributed by atoms with van der Waals surface area (Å²) in [5.41, 5.74) is 4.47. The van der Waals surface area contributed by atoms with Crippen molar-refractivity contribution in [1.29, 1.82) is 0 Å². The number of carbonyl (C=O) groups excluding carboxylic acids is 1. The van der Waals surface area contributed by atoms with E-state index in [-0.39, 0.29) is 12.0 Å². The molecule has 0 radical (unpaired) electrons. The summed E-state index contributed by atoms with van der Waals surface area (Å²) in [6, 6.07) is 16.6. The largest absolute Gasteiger partial charge is 0.378 e. The summed E-state index contributed by atoms with van der Waals surface area (Å²) in [4.78, 5) is 17.3. The predicted octanol–water partition coefficient (Wildman–Crippen LogP) is 4.16. The first-order chi connectivity index (χ1) is 16.4. The van der Waals surface area contributed by atoms with Crippen molar-refractivity contribution >= 4 is 23.4 Å². The van der Waals surface area contributed by atoms with E-state index in [4.69, 9.17) is 4.74 Å². The van der Waals surface area contributed by atoms with Crippen LogP contribution in [0, 0.1) is 6.92 Å². The van der Waals surface area contributed by atoms with Gasteiger partial charge in [0.25, 0.3) is 0 Å². The topological polar surface area (TPSA) is 63.5 Å². The van der Waals surface area contributed by atoms with Crippen LogP contribution in [0.4, 0.5) is 5.69 Å². The fraction of sp³-hybridized carbons (Fsp3) is 0.423. The Kier molecular flexibility index (Phi) is 7.90. The second-order valence-electron chi connectivity index (χ2n) is 8.99. The fourth-order valence-electron chi connectivity index (χ4n) is 4.02. The second-order valence-corrected chi connectivity index (χ2v) is 9.93. The molecule has 0 N–H and O–H groups in total. The predicted molar refractivity (Wildman–Crippen MR) is 137 cm³/mol. The Morgan fingerprint density at radius 2 is 1.85 bits per heavy atom. The summed E-state index contributed by atoms with van der Waals surface area (Å²) in [6.45, 7) is 4.02. The first-order valence-corrected chi connectivity index (χ1v) is 12.6. The van der Waals surface area contributed by atoms with Crippen molar-refractivity contribution in [3.63, 3.8) is 0 Å². The van der Waals surface area contributed by atoms with E-state index in [1.54, 1.807) is 0 Å². The molecule has 7 nitrogen and oxygen atoms in total. The third kappa shape index (κ3) is 5.98. The fourth-order valence-corrected chi connectivity index (χ4v) is 4.83. The van der Waals surface area contributed by atoms with Crippen LogP contribution in [0.2, 0.25) is 0 Å². The molecule has 0 bridgehead atoms. The minimum Gasteiger partial charge on any atom is -0.378 e. The number of benzene rings is 2. The number of hydrogen-bond donors (Lipinski definition) is 0. The number of aromatic nitrogens is 3. The van der Waals surface area contributed by atoms with Crippen molar-refractivity contribution in [2.45, 2.75) is 37.6 Å². The summed E-state index contributed by atoms with van der Waals surface area (Å²) < 4.78 is 7.78. The Hall–Kier alpha value is -2.84. The van der Waals surface area contributed by atoms with Crippen molar-refractivity contribution < 1.29 is 9.53 Å². The van der Waals surface area contributed by atoms with E-state index in [2.05, 4.69) is 58.4 Å². The van der Waals surface area contributed by atoms with E-state index in [0.717, 1.165) is 47.2 Å². The third-order valence-corrected chi connectivity index (χ3v) is 7.10. The van der Waals surface area contributed by atoms with Gasteiger partial charge in [-0.15, -0.1) is 10.2 Å². The highest BCUT2D eigenvalue weighted by molar-refractivity contribution is 7.99. The number of carbonyl (C=O) groups is 1. The van der Waals surface area contributed by atoms with Crippen molar-refractivity contribution in [3.05, 3.63) is 59.7 Å². The Morgan fingerprint density at radius 1 is 1.12 bits per heavy atom. The Bertz CT molecular complexity index is 1090. The maximum atomic E-state index is 13.3. The molecule has 1 aromatic heterocycles. The Labute approximate surface area is 206 Å². The number of hydrogen-bond acceptors (Lipinski definition) is 6. The third-order valence-electron chi connectivity index (χ3n) is 6.10. The standard InChI is InChI=1S/C26H33N5O2S/c1-19-7-11-21(12-8-19)25-27-28-26(30(25)4)34-18-24(32)31(17-23-6-5-15-33-23)16-20-9-13-22(14-10-20)29(2)3/h7-14,23H,5-6,15-18H2,1-4H3/t23-/m1/s1. The molecule has 1 amide bonds. The molecule has 8 heteroatoms. The van der Waals surface area contributed by atoms with Crippen LogP contribution in [-0.2, 0) is 23.1 Å². The first kappa shape index (κ1) is 24.3. The van der Waals surface area contributed by atoms with Gasteiger partial charge < -0.3 is 19.1 Å². The molecule has 1 fully saturated rings. The molecule has 2 aromatic carbocycles. The Morgan fingerprint density at radius 3 is 2.50 bits per heavy atom. The van der Waals surface area contributed by atoms with Crippen molar-refractivity contribution in [3.8, 4) is 11.4 Å². The van der Waals surface area contributed by atoms with Gasteiger partial charge in [0.05, 0.1) is 11.9 Å². The van der Waals surface area contributed by atoms with Gasteiger partial charge >= 0.3 is 0 Å². The van der Waals surface area contributed by atoms with E-state index in [1.165, 1.54) is 17.3 Å². The highest BCUT2D eigenvalue weighted by Crippen LogP contribution is 2.24. The van der Waals surface area contributed by atoms with Gasteiger partial charge in [0.1, 0.15) is 0 Å². The molecule has 180 valence electrons. The molecule has 0 aliphatic carbocycles. The van der Waals surface area contributed by atoms with Gasteiger partial charge in [0, 0.05) is 52.1 Å². The maximum Gasteiger partial charge on any atom is 0.233 e. The second kappa shape index (κ2) is 11.1. The number of aryl methyl sites for hydroxylation is 1. The minimum absolute atomic E-state index is 0.0806. The summed E-state index contributed by atoms with van der Waals surface area (Å²) in [7, 11) is 5.99. The lowest BCUT2D eigenvalue weighted by molar-refractivity contribution is -0.130. The average Bonchev–Trinajstić information content (AvgIpc) is 3.47. The SMILES string of the molecule is Cc1ccc(-c2nnc(SCC(=O)N(Cc3ccc(N(C)C)cc3)C[C@H]3CCCO3)n2C)cc1. The molecule has 4 rings (SSSR count). The van der Waals surface area contributed by atoms with Gasteiger partial charge in [-0.05, 0) is 37.5 Å². The molecule has 1 aliphatic rings. The molecule has 0 unspecified atom stereocenters. The lowest BCUT2D eigenvalue weighted by Crippen LogP contribution is -2.38. The van der Waals surface area contributed by atoms with Crippen LogP contribution in [0.3, 0.4) is 0 Å². The van der Waals surface area contributed by atoms with Crippen LogP contribution >= 0.6 is 11.8 Å². The lowest BCUT2D eigenvalue weighted by Gasteiger charge is -2.26. The maximum absolute atomic E-state index is 13.3. The summed E-state index contributed by atoms with van der Waals surface area (Å²) in [6.07, 6.45) is 2.16. The summed E-state index contributed by atoms with van der Waals surface area (Å²) in [5, 5.41) is 9.42. The van der Waals surface area contributed by atoms with E-state index in [9.17, 15) is 4.79 Å². The van der Waals surface area contributed by atoms with Gasteiger partial charge in [-0.1, -0.05) is 53.7 Å². The highest BCUT2D eigenvalue weighted by atomic mass is 32.2. The zero-order chi connectivity index (χ0) is 24.1. The summed E-state index contributed by atoms with van der Waals surface area (Å²) in [5.74, 6) is 1.19. The number of ether oxygens (including phenoxy) is 1. The summed E-state index contributed by atoms with van der Waals surface area (Å²) >= 11 is 1.43. The van der Waals surface area contributed by atoms with Gasteiger partial charge in [0.2, 0.25) is 5.91 Å². The van der Waals surface area contributed by atoms with Gasteiger partial charge in [-0.3, -0.25) is 4.79 Å². The lowest BCUT2D eigenvalue weighted by atomic mass is 10.1. The van der Waals surface area contributed by atoms with Crippen LogP contribution in [-0.4, -0.2) is 64.7 Å². The van der Waals surface area contributed by atoms with Crippen molar-refractivity contribution in [1.82, 2.24) is 19.7 Å². The first-order valence-electron chi connectivity index (χ1n) is 11.7. The minimum atomic E-state index is 0.0806. The van der Waals surface area contributed by atoms with Gasteiger partial charge in [0.15, 0.2) is 11.0 Å². The zero-order valence-corrected chi connectivity index (χ0v) is 21.2. The number of nitrogens with zero attached hydrogens (tertiary/aromatic N) is 5. The monoisotopic (exact) mass is 479 g/mol. The van der Waals surface area contributed by atoms with Crippen LogP contribution in [0.15, 0.2) is 53.7 Å². The molecule has 0 spiro atoms. The Balaban J connectivity index is 1.43. The van der Waals surface area contributed by atoms with Gasteiger partial charge in [-0.2, -0.15) is 0 Å². The van der Waals surface area contributed by atoms with E-state index >= 15 is 0 Å². The molecule has 34 heavy (non-hydrogen) atoms. The highest BCUT2D eigenvalue weighted by Gasteiger charge is 2.23. The van der Waals surface area contributed by atoms with E-state index in [0.29, 0.717) is 18.8 Å². The van der Waals surface area contributed by atoms with Gasteiger partial charge in [-0.25, -0.2) is 0 Å². The zero-order valence-electron chi connectivity index (χ0n) is 20.4. The van der Waals surface area contributed by atoms with Crippen molar-refractivity contribution in [2.24, 2.45) is 7.05 Å². The van der Waals surface area contributed by atoms with Crippen LogP contribution in [0.5, 0.6) is 0 Å². The quantitative estimate of drug-likeness (QED) is 0.430. The van der Waals surface area contributed by atoms with E-state index in [1.807, 2.05) is 42.7 Å². The van der Waals surface area contributed by atoms with Crippen molar-refractivity contribution in [2.75, 3.05) is 37.9 Å². The average molecular weight is 480 g/mol. The smallest absolute Gasteiger partial charge is 0.233 e. The molecule has 3 aromatic rings. The number of thioether (sulfide) groups is 1. The molecule has 2 heterocycles. The molecule has 1 aliphatic heterocycles. The molecular formula is C26H33N5O2S. The van der Waals surface area contributed by atoms with Crippen LogP contribution in [0.1, 0.15) is 24.0 Å². The number of amides is 1. The molecule has 0 saturated carbocycles. The molecule has 1 atom stereocenters. The van der Waals surface area contributed by atoms with Crippen LogP contribution < -0.4 is 4.90 Å².